The molecule has 0 aromatic rings. The standard InChI is InChI=1S/C13H25N3O3/c1-6-8(3)11(17)16-12(18)10(5)14-15-13(16,19)9(4)7-2/h8-11,17,19H,6-7H2,1-5H3. The van der Waals surface area contributed by atoms with Gasteiger partial charge in [0, 0.05) is 11.8 Å². The van der Waals surface area contributed by atoms with Gasteiger partial charge in [0.1, 0.15) is 12.3 Å². The van der Waals surface area contributed by atoms with Gasteiger partial charge in [0.15, 0.2) is 0 Å². The van der Waals surface area contributed by atoms with Crippen molar-refractivity contribution < 1.29 is 15.0 Å². The lowest BCUT2D eigenvalue weighted by Crippen LogP contribution is -2.63. The van der Waals surface area contributed by atoms with Gasteiger partial charge in [-0.2, -0.15) is 5.11 Å². The van der Waals surface area contributed by atoms with Crippen molar-refractivity contribution >= 4 is 5.91 Å². The zero-order valence-electron chi connectivity index (χ0n) is 12.4. The summed E-state index contributed by atoms with van der Waals surface area (Å²) in [7, 11) is 0. The Balaban J connectivity index is 3.19. The molecule has 110 valence electrons. The van der Waals surface area contributed by atoms with Gasteiger partial charge < -0.3 is 10.2 Å². The first-order chi connectivity index (χ1) is 8.79. The van der Waals surface area contributed by atoms with Crippen LogP contribution in [0.3, 0.4) is 0 Å². The van der Waals surface area contributed by atoms with E-state index in [0.29, 0.717) is 12.8 Å². The van der Waals surface area contributed by atoms with E-state index in [1.807, 2.05) is 20.8 Å². The summed E-state index contributed by atoms with van der Waals surface area (Å²) in [6.45, 7) is 9.06. The first-order valence-electron chi connectivity index (χ1n) is 6.95. The average Bonchev–Trinajstić information content (AvgIpc) is 2.41. The molecule has 1 amide bonds. The molecule has 5 atom stereocenters. The Kier molecular flexibility index (Phi) is 5.04. The Morgan fingerprint density at radius 1 is 1.37 bits per heavy atom. The highest BCUT2D eigenvalue weighted by atomic mass is 16.4. The number of hydrogen-bond acceptors (Lipinski definition) is 5. The van der Waals surface area contributed by atoms with E-state index in [2.05, 4.69) is 10.2 Å². The summed E-state index contributed by atoms with van der Waals surface area (Å²) in [5.41, 5.74) is 0. The van der Waals surface area contributed by atoms with Crippen molar-refractivity contribution in [3.05, 3.63) is 0 Å². The van der Waals surface area contributed by atoms with E-state index >= 15 is 0 Å². The number of aliphatic hydroxyl groups is 2. The van der Waals surface area contributed by atoms with Crippen LogP contribution >= 0.6 is 0 Å². The maximum atomic E-state index is 12.3. The van der Waals surface area contributed by atoms with Crippen molar-refractivity contribution in [2.24, 2.45) is 22.1 Å². The minimum Gasteiger partial charge on any atom is -0.373 e. The molecule has 6 nitrogen and oxygen atoms in total. The number of rotatable bonds is 5. The molecule has 0 saturated heterocycles. The number of azo groups is 1. The number of carbonyl (C=O) groups is 1. The molecule has 5 unspecified atom stereocenters. The third-order valence-corrected chi connectivity index (χ3v) is 4.02. The quantitative estimate of drug-likeness (QED) is 0.798. The lowest BCUT2D eigenvalue weighted by molar-refractivity contribution is -0.222. The van der Waals surface area contributed by atoms with Crippen LogP contribution in [0.1, 0.15) is 47.5 Å². The van der Waals surface area contributed by atoms with E-state index in [-0.39, 0.29) is 17.7 Å². The third-order valence-electron chi connectivity index (χ3n) is 4.02. The molecule has 0 aromatic carbocycles. The topological polar surface area (TPSA) is 85.5 Å². The highest BCUT2D eigenvalue weighted by Gasteiger charge is 2.50. The van der Waals surface area contributed by atoms with E-state index in [9.17, 15) is 15.0 Å². The van der Waals surface area contributed by atoms with Gasteiger partial charge in [0.2, 0.25) is 0 Å². The minimum atomic E-state index is -1.75. The molecule has 1 aliphatic heterocycles. The minimum absolute atomic E-state index is 0.139. The summed E-state index contributed by atoms with van der Waals surface area (Å²) in [6, 6.07) is -0.664. The Labute approximate surface area is 114 Å². The summed E-state index contributed by atoms with van der Waals surface area (Å²) in [4.78, 5) is 13.4. The second kappa shape index (κ2) is 5.96. The number of carbonyl (C=O) groups excluding carboxylic acids is 1. The molecule has 0 aromatic heterocycles. The van der Waals surface area contributed by atoms with Gasteiger partial charge in [0.05, 0.1) is 0 Å². The van der Waals surface area contributed by atoms with Gasteiger partial charge in [0.25, 0.3) is 11.8 Å². The number of amides is 1. The SMILES string of the molecule is CCC(C)C(O)N1C(=O)C(C)N=NC1(O)C(C)CC. The summed E-state index contributed by atoms with van der Waals surface area (Å²) in [5.74, 6) is -2.57. The van der Waals surface area contributed by atoms with Gasteiger partial charge >= 0.3 is 0 Å². The molecule has 0 aliphatic carbocycles. The second-order valence-corrected chi connectivity index (χ2v) is 5.40. The van der Waals surface area contributed by atoms with Gasteiger partial charge in [-0.3, -0.25) is 9.69 Å². The first kappa shape index (κ1) is 16.0. The highest BCUT2D eigenvalue weighted by molar-refractivity contribution is 5.83. The van der Waals surface area contributed by atoms with Crippen LogP contribution in [-0.4, -0.2) is 39.1 Å². The smallest absolute Gasteiger partial charge is 0.262 e. The molecule has 0 spiro atoms. The van der Waals surface area contributed by atoms with Crippen molar-refractivity contribution in [2.75, 3.05) is 0 Å². The fourth-order valence-corrected chi connectivity index (χ4v) is 2.03. The van der Waals surface area contributed by atoms with Gasteiger partial charge in [-0.05, 0) is 19.8 Å². The zero-order valence-corrected chi connectivity index (χ0v) is 12.4. The van der Waals surface area contributed by atoms with Crippen LogP contribution in [0.2, 0.25) is 0 Å². The number of aliphatic hydroxyl groups excluding tert-OH is 1. The molecule has 1 heterocycles. The Morgan fingerprint density at radius 2 is 1.95 bits per heavy atom. The van der Waals surface area contributed by atoms with E-state index in [0.717, 1.165) is 4.90 Å². The van der Waals surface area contributed by atoms with Crippen molar-refractivity contribution in [2.45, 2.75) is 65.6 Å². The fraction of sp³-hybridized carbons (Fsp3) is 0.923. The first-order valence-corrected chi connectivity index (χ1v) is 6.95. The van der Waals surface area contributed by atoms with Crippen molar-refractivity contribution in [1.29, 1.82) is 0 Å². The van der Waals surface area contributed by atoms with Crippen LogP contribution in [-0.2, 0) is 4.79 Å². The van der Waals surface area contributed by atoms with Crippen molar-refractivity contribution in [3.63, 3.8) is 0 Å². The summed E-state index contributed by atoms with van der Waals surface area (Å²) < 4.78 is 0. The fourth-order valence-electron chi connectivity index (χ4n) is 2.03. The average molecular weight is 271 g/mol. The molecule has 1 rings (SSSR count). The maximum absolute atomic E-state index is 12.3. The van der Waals surface area contributed by atoms with Crippen LogP contribution in [0.5, 0.6) is 0 Å². The summed E-state index contributed by atoms with van der Waals surface area (Å²) >= 11 is 0. The summed E-state index contributed by atoms with van der Waals surface area (Å²) in [6.07, 6.45) is 0.270. The Bertz CT molecular complexity index is 361. The largest absolute Gasteiger partial charge is 0.373 e. The molecular weight excluding hydrogens is 246 g/mol. The lowest BCUT2D eigenvalue weighted by Gasteiger charge is -2.46. The van der Waals surface area contributed by atoms with Gasteiger partial charge in [-0.1, -0.05) is 27.7 Å². The molecule has 6 heteroatoms. The molecule has 0 fully saturated rings. The molecule has 0 bridgehead atoms. The molecular formula is C13H25N3O3. The number of nitrogens with zero attached hydrogens (tertiary/aromatic N) is 3. The molecule has 19 heavy (non-hydrogen) atoms. The van der Waals surface area contributed by atoms with Gasteiger partial charge in [-0.25, -0.2) is 0 Å². The van der Waals surface area contributed by atoms with Crippen molar-refractivity contribution in [1.82, 2.24) is 4.90 Å². The third kappa shape index (κ3) is 2.79. The second-order valence-electron chi connectivity index (χ2n) is 5.40. The van der Waals surface area contributed by atoms with E-state index < -0.39 is 18.1 Å². The van der Waals surface area contributed by atoms with Crippen LogP contribution < -0.4 is 0 Å². The van der Waals surface area contributed by atoms with Gasteiger partial charge in [-0.15, -0.1) is 5.11 Å². The molecule has 2 N–H and O–H groups in total. The van der Waals surface area contributed by atoms with E-state index in [1.165, 1.54) is 0 Å². The molecule has 0 radical (unpaired) electrons. The number of hydrogen-bond donors (Lipinski definition) is 2. The van der Waals surface area contributed by atoms with E-state index in [4.69, 9.17) is 0 Å². The van der Waals surface area contributed by atoms with Crippen LogP contribution in [0.4, 0.5) is 0 Å². The Morgan fingerprint density at radius 3 is 2.42 bits per heavy atom. The normalized spacial score (nSPS) is 32.3. The highest BCUT2D eigenvalue weighted by Crippen LogP contribution is 2.34. The zero-order chi connectivity index (χ0) is 14.8. The van der Waals surface area contributed by atoms with Crippen molar-refractivity contribution in [3.8, 4) is 0 Å². The van der Waals surface area contributed by atoms with E-state index in [1.54, 1.807) is 13.8 Å². The summed E-state index contributed by atoms with van der Waals surface area (Å²) in [5, 5.41) is 28.8. The van der Waals surface area contributed by atoms with Crippen LogP contribution in [0, 0.1) is 11.8 Å². The predicted molar refractivity (Wildman–Crippen MR) is 71.0 cm³/mol. The monoisotopic (exact) mass is 271 g/mol. The molecule has 1 aliphatic rings. The predicted octanol–water partition coefficient (Wildman–Crippen LogP) is 1.73. The maximum Gasteiger partial charge on any atom is 0.262 e. The van der Waals surface area contributed by atoms with Crippen LogP contribution in [0.15, 0.2) is 10.2 Å². The molecule has 0 saturated carbocycles. The Hall–Kier alpha value is -1.01. The lowest BCUT2D eigenvalue weighted by atomic mass is 9.96. The van der Waals surface area contributed by atoms with Crippen LogP contribution in [0.25, 0.3) is 0 Å².